The molecule has 7 heteroatoms. The van der Waals surface area contributed by atoms with Crippen molar-refractivity contribution in [2.75, 3.05) is 18.5 Å². The van der Waals surface area contributed by atoms with E-state index in [0.717, 1.165) is 5.76 Å². The standard InChI is InChI=1S/C17H19ClN2O3S/c1-2-22-16(21)9-10-20(12-13-6-5-11-23-13)17(24)19-15-8-4-3-7-14(15)18/h3-8,11H,2,9-10,12H2,1H3,(H,19,24). The number of benzene rings is 1. The van der Waals surface area contributed by atoms with Crippen LogP contribution in [0.2, 0.25) is 5.02 Å². The smallest absolute Gasteiger partial charge is 0.307 e. The van der Waals surface area contributed by atoms with Crippen LogP contribution in [-0.2, 0) is 16.1 Å². The van der Waals surface area contributed by atoms with E-state index >= 15 is 0 Å². The van der Waals surface area contributed by atoms with Gasteiger partial charge in [-0.1, -0.05) is 23.7 Å². The summed E-state index contributed by atoms with van der Waals surface area (Å²) in [6, 6.07) is 11.0. The van der Waals surface area contributed by atoms with Gasteiger partial charge in [-0.15, -0.1) is 0 Å². The molecule has 1 aromatic heterocycles. The Kier molecular flexibility index (Phi) is 7.08. The molecule has 2 rings (SSSR count). The van der Waals surface area contributed by atoms with Crippen molar-refractivity contribution in [2.45, 2.75) is 19.9 Å². The molecular weight excluding hydrogens is 348 g/mol. The monoisotopic (exact) mass is 366 g/mol. The Balaban J connectivity index is 2.04. The van der Waals surface area contributed by atoms with E-state index in [1.807, 2.05) is 35.2 Å². The third-order valence-electron chi connectivity index (χ3n) is 3.22. The first kappa shape index (κ1) is 18.3. The number of thiocarbonyl (C=S) groups is 1. The van der Waals surface area contributed by atoms with Crippen LogP contribution < -0.4 is 5.32 Å². The van der Waals surface area contributed by atoms with E-state index in [0.29, 0.717) is 35.5 Å². The maximum Gasteiger partial charge on any atom is 0.307 e. The average Bonchev–Trinajstić information content (AvgIpc) is 3.07. The largest absolute Gasteiger partial charge is 0.467 e. The van der Waals surface area contributed by atoms with Gasteiger partial charge in [-0.25, -0.2) is 0 Å². The molecule has 0 saturated heterocycles. The quantitative estimate of drug-likeness (QED) is 0.588. The minimum atomic E-state index is -0.262. The van der Waals surface area contributed by atoms with Gasteiger partial charge in [-0.2, -0.15) is 0 Å². The molecule has 0 aliphatic rings. The molecule has 0 atom stereocenters. The van der Waals surface area contributed by atoms with E-state index < -0.39 is 0 Å². The molecule has 0 saturated carbocycles. The molecule has 0 fully saturated rings. The average molecular weight is 367 g/mol. The molecular formula is C17H19ClN2O3S. The third-order valence-corrected chi connectivity index (χ3v) is 3.91. The number of nitrogens with zero attached hydrogens (tertiary/aromatic N) is 1. The van der Waals surface area contributed by atoms with Gasteiger partial charge < -0.3 is 19.4 Å². The summed E-state index contributed by atoms with van der Waals surface area (Å²) in [5.41, 5.74) is 0.713. The number of carbonyl (C=O) groups is 1. The fraction of sp³-hybridized carbons (Fsp3) is 0.294. The molecule has 0 aliphatic heterocycles. The Morgan fingerprint density at radius 2 is 2.12 bits per heavy atom. The molecule has 0 unspecified atom stereocenters. The third kappa shape index (κ3) is 5.54. The Bertz CT molecular complexity index is 676. The highest BCUT2D eigenvalue weighted by Gasteiger charge is 2.15. The van der Waals surface area contributed by atoms with Crippen LogP contribution in [-0.4, -0.2) is 29.1 Å². The molecule has 2 aromatic rings. The maximum atomic E-state index is 11.6. The molecule has 0 radical (unpaired) electrons. The first-order valence-electron chi connectivity index (χ1n) is 7.58. The zero-order chi connectivity index (χ0) is 17.4. The van der Waals surface area contributed by atoms with Crippen LogP contribution in [0.5, 0.6) is 0 Å². The van der Waals surface area contributed by atoms with Gasteiger partial charge in [0.25, 0.3) is 0 Å². The first-order chi connectivity index (χ1) is 11.6. The van der Waals surface area contributed by atoms with E-state index in [1.165, 1.54) is 0 Å². The lowest BCUT2D eigenvalue weighted by Crippen LogP contribution is -2.36. The predicted molar refractivity (Wildman–Crippen MR) is 98.0 cm³/mol. The molecule has 0 bridgehead atoms. The summed E-state index contributed by atoms with van der Waals surface area (Å²) in [5, 5.41) is 4.14. The summed E-state index contributed by atoms with van der Waals surface area (Å²) in [7, 11) is 0. The van der Waals surface area contributed by atoms with Crippen LogP contribution in [0.1, 0.15) is 19.1 Å². The van der Waals surface area contributed by atoms with E-state index in [9.17, 15) is 4.79 Å². The Morgan fingerprint density at radius 1 is 1.33 bits per heavy atom. The van der Waals surface area contributed by atoms with Crippen molar-refractivity contribution in [3.05, 3.63) is 53.4 Å². The zero-order valence-electron chi connectivity index (χ0n) is 13.3. The molecule has 1 aromatic carbocycles. The van der Waals surface area contributed by atoms with E-state index in [-0.39, 0.29) is 12.4 Å². The number of anilines is 1. The minimum absolute atomic E-state index is 0.235. The molecule has 5 nitrogen and oxygen atoms in total. The van der Waals surface area contributed by atoms with Gasteiger partial charge in [-0.3, -0.25) is 4.79 Å². The highest BCUT2D eigenvalue weighted by molar-refractivity contribution is 7.80. The highest BCUT2D eigenvalue weighted by atomic mass is 35.5. The van der Waals surface area contributed by atoms with Crippen LogP contribution in [0.25, 0.3) is 0 Å². The number of rotatable bonds is 7. The van der Waals surface area contributed by atoms with Gasteiger partial charge in [0.1, 0.15) is 5.76 Å². The second-order valence-corrected chi connectivity index (χ2v) is 5.76. The van der Waals surface area contributed by atoms with Crippen molar-refractivity contribution in [2.24, 2.45) is 0 Å². The van der Waals surface area contributed by atoms with Crippen molar-refractivity contribution in [1.82, 2.24) is 4.90 Å². The summed E-state index contributed by atoms with van der Waals surface area (Å²) in [4.78, 5) is 13.5. The lowest BCUT2D eigenvalue weighted by atomic mass is 10.3. The van der Waals surface area contributed by atoms with Gasteiger partial charge >= 0.3 is 5.97 Å². The Morgan fingerprint density at radius 3 is 2.79 bits per heavy atom. The number of halogens is 1. The molecule has 0 aliphatic carbocycles. The van der Waals surface area contributed by atoms with Crippen molar-refractivity contribution < 1.29 is 13.9 Å². The first-order valence-corrected chi connectivity index (χ1v) is 8.37. The lowest BCUT2D eigenvalue weighted by molar-refractivity contribution is -0.143. The summed E-state index contributed by atoms with van der Waals surface area (Å²) in [6.45, 7) is 3.00. The van der Waals surface area contributed by atoms with Crippen LogP contribution in [0.15, 0.2) is 47.1 Å². The number of ether oxygens (including phenoxy) is 1. The van der Waals surface area contributed by atoms with Gasteiger partial charge in [0.15, 0.2) is 5.11 Å². The summed E-state index contributed by atoms with van der Waals surface area (Å²) < 4.78 is 10.3. The van der Waals surface area contributed by atoms with Crippen molar-refractivity contribution in [1.29, 1.82) is 0 Å². The number of hydrogen-bond acceptors (Lipinski definition) is 4. The molecule has 1 N–H and O–H groups in total. The van der Waals surface area contributed by atoms with Crippen LogP contribution >= 0.6 is 23.8 Å². The number of carbonyl (C=O) groups excluding carboxylic acids is 1. The second kappa shape index (κ2) is 9.30. The van der Waals surface area contributed by atoms with E-state index in [4.69, 9.17) is 33.0 Å². The molecule has 24 heavy (non-hydrogen) atoms. The van der Waals surface area contributed by atoms with E-state index in [1.54, 1.807) is 19.3 Å². The Labute approximate surface area is 151 Å². The number of hydrogen-bond donors (Lipinski definition) is 1. The van der Waals surface area contributed by atoms with Crippen LogP contribution in [0.4, 0.5) is 5.69 Å². The van der Waals surface area contributed by atoms with Gasteiger partial charge in [0, 0.05) is 6.54 Å². The predicted octanol–water partition coefficient (Wildman–Crippen LogP) is 4.09. The summed E-state index contributed by atoms with van der Waals surface area (Å²) in [5.74, 6) is 0.490. The van der Waals surface area contributed by atoms with E-state index in [2.05, 4.69) is 5.32 Å². The second-order valence-electron chi connectivity index (χ2n) is 4.97. The van der Waals surface area contributed by atoms with Crippen molar-refractivity contribution >= 4 is 40.6 Å². The number of esters is 1. The van der Waals surface area contributed by atoms with Crippen LogP contribution in [0, 0.1) is 0 Å². The molecule has 128 valence electrons. The fourth-order valence-corrected chi connectivity index (χ4v) is 2.51. The van der Waals surface area contributed by atoms with Crippen molar-refractivity contribution in [3.63, 3.8) is 0 Å². The van der Waals surface area contributed by atoms with Gasteiger partial charge in [-0.05, 0) is 43.4 Å². The maximum absolute atomic E-state index is 11.6. The minimum Gasteiger partial charge on any atom is -0.467 e. The summed E-state index contributed by atoms with van der Waals surface area (Å²) in [6.07, 6.45) is 1.84. The van der Waals surface area contributed by atoms with Gasteiger partial charge in [0.05, 0.1) is 36.5 Å². The molecule has 0 spiro atoms. The van der Waals surface area contributed by atoms with Gasteiger partial charge in [0.2, 0.25) is 0 Å². The number of furan rings is 1. The normalized spacial score (nSPS) is 10.2. The lowest BCUT2D eigenvalue weighted by Gasteiger charge is -2.25. The topological polar surface area (TPSA) is 54.7 Å². The van der Waals surface area contributed by atoms with Crippen LogP contribution in [0.3, 0.4) is 0 Å². The number of nitrogens with one attached hydrogen (secondary N) is 1. The fourth-order valence-electron chi connectivity index (χ4n) is 2.06. The number of para-hydroxylation sites is 1. The summed E-state index contributed by atoms with van der Waals surface area (Å²) >= 11 is 11.6. The SMILES string of the molecule is CCOC(=O)CCN(Cc1ccco1)C(=S)Nc1ccccc1Cl. The highest BCUT2D eigenvalue weighted by Crippen LogP contribution is 2.21. The molecule has 0 amide bonds. The Hall–Kier alpha value is -2.05. The molecule has 1 heterocycles. The zero-order valence-corrected chi connectivity index (χ0v) is 14.9. The van der Waals surface area contributed by atoms with Crippen molar-refractivity contribution in [3.8, 4) is 0 Å².